The maximum absolute atomic E-state index is 9.67. The molecule has 104 valence electrons. The molecule has 20 heavy (non-hydrogen) atoms. The topological polar surface area (TPSA) is 41.5 Å². The first-order valence-corrected chi connectivity index (χ1v) is 6.85. The smallest absolute Gasteiger partial charge is 0.119 e. The van der Waals surface area contributed by atoms with Crippen LogP contribution in [0, 0.1) is 0 Å². The minimum absolute atomic E-state index is 0.254. The van der Waals surface area contributed by atoms with Gasteiger partial charge in [-0.2, -0.15) is 0 Å². The first-order valence-electron chi connectivity index (χ1n) is 6.85. The molecule has 1 atom stereocenters. The average molecular weight is 269 g/mol. The molecule has 1 heterocycles. The molecule has 0 bridgehead atoms. The fraction of sp³-hybridized carbons (Fsp3) is 0.294. The van der Waals surface area contributed by atoms with Crippen LogP contribution in [0.25, 0.3) is 0 Å². The fourth-order valence-corrected chi connectivity index (χ4v) is 3.01. The number of hydrogen-bond donors (Lipinski definition) is 2. The maximum Gasteiger partial charge on any atom is 0.119 e. The second-order valence-electron chi connectivity index (χ2n) is 5.38. The second-order valence-corrected chi connectivity index (χ2v) is 5.38. The minimum Gasteiger partial charge on any atom is -0.508 e. The van der Waals surface area contributed by atoms with E-state index in [2.05, 4.69) is 24.4 Å². The number of methoxy groups -OCH3 is 1. The van der Waals surface area contributed by atoms with E-state index in [0.717, 1.165) is 18.7 Å². The van der Waals surface area contributed by atoms with Gasteiger partial charge in [-0.3, -0.25) is 0 Å². The number of benzene rings is 2. The van der Waals surface area contributed by atoms with Crippen LogP contribution in [0.15, 0.2) is 42.5 Å². The molecule has 0 fully saturated rings. The Bertz CT molecular complexity index is 639. The minimum atomic E-state index is -0.254. The third kappa shape index (κ3) is 2.04. The molecular formula is C17H19NO2. The summed E-state index contributed by atoms with van der Waals surface area (Å²) in [6.45, 7) is 3.07. The summed E-state index contributed by atoms with van der Waals surface area (Å²) in [4.78, 5) is 0. The van der Waals surface area contributed by atoms with Crippen molar-refractivity contribution < 1.29 is 9.84 Å². The lowest BCUT2D eigenvalue weighted by molar-refractivity contribution is 0.397. The Labute approximate surface area is 119 Å². The summed E-state index contributed by atoms with van der Waals surface area (Å²) in [5.41, 5.74) is 3.34. The summed E-state index contributed by atoms with van der Waals surface area (Å²) < 4.78 is 5.33. The van der Waals surface area contributed by atoms with Crippen molar-refractivity contribution in [3.05, 3.63) is 59.2 Å². The van der Waals surface area contributed by atoms with Crippen LogP contribution in [0.2, 0.25) is 0 Å². The molecule has 2 N–H and O–H groups in total. The molecule has 0 saturated carbocycles. The third-order valence-electron chi connectivity index (χ3n) is 4.15. The quantitative estimate of drug-likeness (QED) is 0.881. The van der Waals surface area contributed by atoms with E-state index in [1.54, 1.807) is 13.2 Å². The molecule has 0 saturated heterocycles. The molecule has 3 nitrogen and oxygen atoms in total. The summed E-state index contributed by atoms with van der Waals surface area (Å²) in [5.74, 6) is 1.19. The van der Waals surface area contributed by atoms with E-state index < -0.39 is 0 Å². The van der Waals surface area contributed by atoms with Crippen LogP contribution >= 0.6 is 0 Å². The summed E-state index contributed by atoms with van der Waals surface area (Å²) in [5, 5.41) is 13.3. The zero-order valence-electron chi connectivity index (χ0n) is 11.8. The summed E-state index contributed by atoms with van der Waals surface area (Å²) in [7, 11) is 1.68. The Morgan fingerprint density at radius 2 is 2.05 bits per heavy atom. The highest BCUT2D eigenvalue weighted by atomic mass is 16.5. The van der Waals surface area contributed by atoms with E-state index in [9.17, 15) is 5.11 Å². The van der Waals surface area contributed by atoms with E-state index >= 15 is 0 Å². The number of hydrogen-bond acceptors (Lipinski definition) is 3. The van der Waals surface area contributed by atoms with E-state index in [4.69, 9.17) is 4.74 Å². The van der Waals surface area contributed by atoms with Crippen LogP contribution in [-0.2, 0) is 12.0 Å². The Hall–Kier alpha value is -2.00. The SMILES string of the molecule is COc1cccc(C2(C)NCCc3cc(O)ccc32)c1. The number of fused-ring (bicyclic) bond motifs is 1. The van der Waals surface area contributed by atoms with Crippen molar-refractivity contribution in [1.82, 2.24) is 5.32 Å². The van der Waals surface area contributed by atoms with E-state index in [0.29, 0.717) is 5.75 Å². The van der Waals surface area contributed by atoms with Crippen LogP contribution in [0.1, 0.15) is 23.6 Å². The molecule has 0 radical (unpaired) electrons. The van der Waals surface area contributed by atoms with Gasteiger partial charge in [0.2, 0.25) is 0 Å². The van der Waals surface area contributed by atoms with Crippen LogP contribution in [0.4, 0.5) is 0 Å². The summed E-state index contributed by atoms with van der Waals surface area (Å²) in [6, 6.07) is 13.8. The highest BCUT2D eigenvalue weighted by Gasteiger charge is 2.33. The van der Waals surface area contributed by atoms with Crippen molar-refractivity contribution in [3.8, 4) is 11.5 Å². The third-order valence-corrected chi connectivity index (χ3v) is 4.15. The molecule has 2 aromatic rings. The lowest BCUT2D eigenvalue weighted by Crippen LogP contribution is -2.45. The molecule has 0 spiro atoms. The normalized spacial score (nSPS) is 21.3. The maximum atomic E-state index is 9.67. The number of aromatic hydroxyl groups is 1. The van der Waals surface area contributed by atoms with Crippen LogP contribution < -0.4 is 10.1 Å². The summed E-state index contributed by atoms with van der Waals surface area (Å²) in [6.07, 6.45) is 0.934. The van der Waals surface area contributed by atoms with Crippen molar-refractivity contribution in [2.45, 2.75) is 18.9 Å². The Balaban J connectivity index is 2.13. The van der Waals surface area contributed by atoms with Crippen LogP contribution in [0.3, 0.4) is 0 Å². The summed E-state index contributed by atoms with van der Waals surface area (Å²) >= 11 is 0. The molecule has 3 heteroatoms. The molecule has 0 aliphatic carbocycles. The van der Waals surface area contributed by atoms with Gasteiger partial charge in [0.1, 0.15) is 11.5 Å². The van der Waals surface area contributed by atoms with E-state index in [1.807, 2.05) is 24.3 Å². The molecule has 1 aliphatic rings. The van der Waals surface area contributed by atoms with Gasteiger partial charge in [0.05, 0.1) is 12.6 Å². The molecule has 1 aliphatic heterocycles. The van der Waals surface area contributed by atoms with Crippen molar-refractivity contribution in [3.63, 3.8) is 0 Å². The van der Waals surface area contributed by atoms with Gasteiger partial charge in [-0.25, -0.2) is 0 Å². The zero-order chi connectivity index (χ0) is 14.2. The zero-order valence-corrected chi connectivity index (χ0v) is 11.8. The van der Waals surface area contributed by atoms with Gasteiger partial charge in [-0.05, 0) is 54.3 Å². The van der Waals surface area contributed by atoms with E-state index in [-0.39, 0.29) is 5.54 Å². The first-order chi connectivity index (χ1) is 9.63. The molecule has 2 aromatic carbocycles. The number of nitrogens with one attached hydrogen (secondary N) is 1. The van der Waals surface area contributed by atoms with Gasteiger partial charge in [0, 0.05) is 6.54 Å². The number of phenols is 1. The Morgan fingerprint density at radius 1 is 1.20 bits per heavy atom. The van der Waals surface area contributed by atoms with Crippen molar-refractivity contribution in [2.75, 3.05) is 13.7 Å². The molecule has 3 rings (SSSR count). The molecule has 0 aromatic heterocycles. The van der Waals surface area contributed by atoms with Gasteiger partial charge in [-0.1, -0.05) is 18.2 Å². The van der Waals surface area contributed by atoms with Gasteiger partial charge in [0.25, 0.3) is 0 Å². The van der Waals surface area contributed by atoms with E-state index in [1.165, 1.54) is 16.7 Å². The average Bonchev–Trinajstić information content (AvgIpc) is 2.47. The molecular weight excluding hydrogens is 250 g/mol. The lowest BCUT2D eigenvalue weighted by atomic mass is 9.78. The number of phenolic OH excluding ortho intramolecular Hbond substituents is 1. The van der Waals surface area contributed by atoms with Gasteiger partial charge in [0.15, 0.2) is 0 Å². The standard InChI is InChI=1S/C17H19NO2/c1-17(13-4-3-5-15(11-13)20-2)16-7-6-14(19)10-12(16)8-9-18-17/h3-7,10-11,18-19H,8-9H2,1-2H3. The number of rotatable bonds is 2. The van der Waals surface area contributed by atoms with Crippen molar-refractivity contribution in [1.29, 1.82) is 0 Å². The highest BCUT2D eigenvalue weighted by molar-refractivity contribution is 5.48. The van der Waals surface area contributed by atoms with Gasteiger partial charge >= 0.3 is 0 Å². The molecule has 1 unspecified atom stereocenters. The largest absolute Gasteiger partial charge is 0.508 e. The monoisotopic (exact) mass is 269 g/mol. The first kappa shape index (κ1) is 13.0. The lowest BCUT2D eigenvalue weighted by Gasteiger charge is -2.38. The number of ether oxygens (including phenoxy) is 1. The fourth-order valence-electron chi connectivity index (χ4n) is 3.01. The highest BCUT2D eigenvalue weighted by Crippen LogP contribution is 2.37. The van der Waals surface area contributed by atoms with Crippen molar-refractivity contribution >= 4 is 0 Å². The van der Waals surface area contributed by atoms with Crippen molar-refractivity contribution in [2.24, 2.45) is 0 Å². The van der Waals surface area contributed by atoms with Crippen LogP contribution in [0.5, 0.6) is 11.5 Å². The Morgan fingerprint density at radius 3 is 2.85 bits per heavy atom. The van der Waals surface area contributed by atoms with Gasteiger partial charge in [-0.15, -0.1) is 0 Å². The molecule has 0 amide bonds. The van der Waals surface area contributed by atoms with Crippen LogP contribution in [-0.4, -0.2) is 18.8 Å². The predicted molar refractivity (Wildman–Crippen MR) is 79.3 cm³/mol. The van der Waals surface area contributed by atoms with Gasteiger partial charge < -0.3 is 15.2 Å². The predicted octanol–water partition coefficient (Wildman–Crippen LogP) is 2.81. The Kier molecular flexibility index (Phi) is 3.14. The second kappa shape index (κ2) is 4.84.